The molecule has 0 heterocycles. The second-order valence-corrected chi connectivity index (χ2v) is 7.74. The van der Waals surface area contributed by atoms with Gasteiger partial charge in [-0.3, -0.25) is 4.79 Å². The summed E-state index contributed by atoms with van der Waals surface area (Å²) in [6.45, 7) is 3.67. The SMILES string of the molecule is COc1ccc(CCN(CC(=O)NC(C)C)S(C)(=O)=O)cc1OC. The first kappa shape index (κ1) is 20.2. The summed E-state index contributed by atoms with van der Waals surface area (Å²) >= 11 is 0. The topological polar surface area (TPSA) is 84.9 Å². The van der Waals surface area contributed by atoms with Gasteiger partial charge >= 0.3 is 0 Å². The molecule has 8 heteroatoms. The summed E-state index contributed by atoms with van der Waals surface area (Å²) in [5, 5.41) is 2.70. The van der Waals surface area contributed by atoms with E-state index in [4.69, 9.17) is 9.47 Å². The third-order valence-corrected chi connectivity index (χ3v) is 4.59. The minimum Gasteiger partial charge on any atom is -0.493 e. The normalized spacial score (nSPS) is 11.6. The first-order chi connectivity index (χ1) is 11.2. The molecule has 1 rings (SSSR count). The van der Waals surface area contributed by atoms with Crippen LogP contribution in [0.5, 0.6) is 11.5 Å². The van der Waals surface area contributed by atoms with Crippen LogP contribution in [-0.2, 0) is 21.2 Å². The van der Waals surface area contributed by atoms with Gasteiger partial charge < -0.3 is 14.8 Å². The Bertz CT molecular complexity index is 658. The van der Waals surface area contributed by atoms with Gasteiger partial charge in [0.05, 0.1) is 27.0 Å². The molecular formula is C16H26N2O5S. The molecule has 0 unspecified atom stereocenters. The molecule has 0 bridgehead atoms. The summed E-state index contributed by atoms with van der Waals surface area (Å²) < 4.78 is 35.4. The molecule has 1 aromatic carbocycles. The fraction of sp³-hybridized carbons (Fsp3) is 0.562. The van der Waals surface area contributed by atoms with E-state index < -0.39 is 10.0 Å². The second kappa shape index (κ2) is 8.89. The average Bonchev–Trinajstić information content (AvgIpc) is 2.49. The molecule has 0 atom stereocenters. The quantitative estimate of drug-likeness (QED) is 0.713. The Balaban J connectivity index is 2.80. The van der Waals surface area contributed by atoms with Gasteiger partial charge in [0, 0.05) is 12.6 Å². The summed E-state index contributed by atoms with van der Waals surface area (Å²) in [5.41, 5.74) is 0.894. The number of sulfonamides is 1. The molecule has 0 spiro atoms. The molecule has 0 aliphatic carbocycles. The van der Waals surface area contributed by atoms with Crippen LogP contribution in [0, 0.1) is 0 Å². The van der Waals surface area contributed by atoms with Gasteiger partial charge in [0.2, 0.25) is 15.9 Å². The highest BCUT2D eigenvalue weighted by atomic mass is 32.2. The molecule has 1 aromatic rings. The first-order valence-electron chi connectivity index (χ1n) is 7.62. The molecular weight excluding hydrogens is 332 g/mol. The predicted molar refractivity (Wildman–Crippen MR) is 92.9 cm³/mol. The minimum absolute atomic E-state index is 0.0373. The lowest BCUT2D eigenvalue weighted by Gasteiger charge is -2.20. The molecule has 0 fully saturated rings. The highest BCUT2D eigenvalue weighted by Gasteiger charge is 2.20. The number of amides is 1. The predicted octanol–water partition coefficient (Wildman–Crippen LogP) is 1.03. The molecule has 24 heavy (non-hydrogen) atoms. The number of methoxy groups -OCH3 is 2. The number of ether oxygens (including phenoxy) is 2. The standard InChI is InChI=1S/C16H26N2O5S/c1-12(2)17-16(19)11-18(24(5,20)21)9-8-13-6-7-14(22-3)15(10-13)23-4/h6-7,10,12H,8-9,11H2,1-5H3,(H,17,19). The van der Waals surface area contributed by atoms with Crippen molar-refractivity contribution in [2.75, 3.05) is 33.6 Å². The first-order valence-corrected chi connectivity index (χ1v) is 9.47. The number of nitrogens with one attached hydrogen (secondary N) is 1. The van der Waals surface area contributed by atoms with E-state index in [9.17, 15) is 13.2 Å². The van der Waals surface area contributed by atoms with E-state index in [0.717, 1.165) is 11.8 Å². The van der Waals surface area contributed by atoms with Gasteiger partial charge in [0.15, 0.2) is 11.5 Å². The lowest BCUT2D eigenvalue weighted by molar-refractivity contribution is -0.121. The Kier molecular flexibility index (Phi) is 7.50. The van der Waals surface area contributed by atoms with E-state index in [0.29, 0.717) is 17.9 Å². The Morgan fingerprint density at radius 2 is 1.83 bits per heavy atom. The van der Waals surface area contributed by atoms with E-state index in [2.05, 4.69) is 5.32 Å². The third kappa shape index (κ3) is 6.37. The second-order valence-electron chi connectivity index (χ2n) is 5.76. The van der Waals surface area contributed by atoms with E-state index in [1.807, 2.05) is 19.9 Å². The Hall–Kier alpha value is -1.80. The van der Waals surface area contributed by atoms with Gasteiger partial charge in [0.25, 0.3) is 0 Å². The van der Waals surface area contributed by atoms with Crippen molar-refractivity contribution in [1.82, 2.24) is 9.62 Å². The summed E-state index contributed by atoms with van der Waals surface area (Å²) in [7, 11) is -0.384. The molecule has 7 nitrogen and oxygen atoms in total. The van der Waals surface area contributed by atoms with Crippen LogP contribution >= 0.6 is 0 Å². The lowest BCUT2D eigenvalue weighted by Crippen LogP contribution is -2.43. The van der Waals surface area contributed by atoms with Gasteiger partial charge in [-0.05, 0) is 38.0 Å². The maximum atomic E-state index is 11.9. The van der Waals surface area contributed by atoms with Gasteiger partial charge in [0.1, 0.15) is 0 Å². The average molecular weight is 358 g/mol. The molecule has 0 saturated heterocycles. The van der Waals surface area contributed by atoms with E-state index >= 15 is 0 Å². The lowest BCUT2D eigenvalue weighted by atomic mass is 10.1. The van der Waals surface area contributed by atoms with Gasteiger partial charge in [-0.15, -0.1) is 0 Å². The molecule has 1 amide bonds. The molecule has 1 N–H and O–H groups in total. The van der Waals surface area contributed by atoms with Crippen LogP contribution in [0.3, 0.4) is 0 Å². The van der Waals surface area contributed by atoms with Crippen molar-refractivity contribution in [3.8, 4) is 11.5 Å². The van der Waals surface area contributed by atoms with Crippen LogP contribution in [0.15, 0.2) is 18.2 Å². The molecule has 0 aliphatic heterocycles. The summed E-state index contributed by atoms with van der Waals surface area (Å²) in [6, 6.07) is 5.37. The van der Waals surface area contributed by atoms with Crippen molar-refractivity contribution in [2.24, 2.45) is 0 Å². The Morgan fingerprint density at radius 3 is 2.33 bits per heavy atom. The number of hydrogen-bond donors (Lipinski definition) is 1. The molecule has 0 aromatic heterocycles. The van der Waals surface area contributed by atoms with Crippen LogP contribution in [0.1, 0.15) is 19.4 Å². The van der Waals surface area contributed by atoms with Crippen molar-refractivity contribution in [3.05, 3.63) is 23.8 Å². The van der Waals surface area contributed by atoms with E-state index in [1.54, 1.807) is 26.4 Å². The molecule has 0 saturated carbocycles. The number of carbonyl (C=O) groups is 1. The van der Waals surface area contributed by atoms with Crippen LogP contribution in [0.25, 0.3) is 0 Å². The molecule has 0 aliphatic rings. The number of hydrogen-bond acceptors (Lipinski definition) is 5. The van der Waals surface area contributed by atoms with Crippen molar-refractivity contribution >= 4 is 15.9 Å². The fourth-order valence-electron chi connectivity index (χ4n) is 2.18. The maximum Gasteiger partial charge on any atom is 0.235 e. The Morgan fingerprint density at radius 1 is 1.21 bits per heavy atom. The van der Waals surface area contributed by atoms with E-state index in [1.165, 1.54) is 4.31 Å². The zero-order chi connectivity index (χ0) is 18.3. The van der Waals surface area contributed by atoms with Crippen molar-refractivity contribution in [2.45, 2.75) is 26.3 Å². The largest absolute Gasteiger partial charge is 0.493 e. The highest BCUT2D eigenvalue weighted by Crippen LogP contribution is 2.27. The van der Waals surface area contributed by atoms with Crippen LogP contribution in [0.4, 0.5) is 0 Å². The highest BCUT2D eigenvalue weighted by molar-refractivity contribution is 7.88. The zero-order valence-corrected chi connectivity index (χ0v) is 15.6. The molecule has 0 radical (unpaired) electrons. The number of nitrogens with zero attached hydrogens (tertiary/aromatic N) is 1. The maximum absolute atomic E-state index is 11.9. The van der Waals surface area contributed by atoms with E-state index in [-0.39, 0.29) is 25.0 Å². The smallest absolute Gasteiger partial charge is 0.235 e. The van der Waals surface area contributed by atoms with Crippen LogP contribution in [-0.4, -0.2) is 58.2 Å². The van der Waals surface area contributed by atoms with Crippen molar-refractivity contribution in [3.63, 3.8) is 0 Å². The van der Waals surface area contributed by atoms with Gasteiger partial charge in [-0.2, -0.15) is 4.31 Å². The van der Waals surface area contributed by atoms with Gasteiger partial charge in [-0.1, -0.05) is 6.07 Å². The van der Waals surface area contributed by atoms with Crippen LogP contribution in [0.2, 0.25) is 0 Å². The minimum atomic E-state index is -3.48. The number of benzene rings is 1. The zero-order valence-electron chi connectivity index (χ0n) is 14.8. The van der Waals surface area contributed by atoms with Crippen molar-refractivity contribution < 1.29 is 22.7 Å². The molecule has 136 valence electrons. The number of rotatable bonds is 9. The number of carbonyl (C=O) groups excluding carboxylic acids is 1. The fourth-order valence-corrected chi connectivity index (χ4v) is 2.95. The monoisotopic (exact) mass is 358 g/mol. The third-order valence-electron chi connectivity index (χ3n) is 3.34. The van der Waals surface area contributed by atoms with Gasteiger partial charge in [-0.25, -0.2) is 8.42 Å². The van der Waals surface area contributed by atoms with Crippen molar-refractivity contribution in [1.29, 1.82) is 0 Å². The summed E-state index contributed by atoms with van der Waals surface area (Å²) in [4.78, 5) is 11.9. The summed E-state index contributed by atoms with van der Waals surface area (Å²) in [6.07, 6.45) is 1.56. The van der Waals surface area contributed by atoms with Crippen LogP contribution < -0.4 is 14.8 Å². The Labute approximate surface area is 144 Å². The summed E-state index contributed by atoms with van der Waals surface area (Å²) in [5.74, 6) is 0.874.